The van der Waals surface area contributed by atoms with Crippen molar-refractivity contribution in [3.63, 3.8) is 0 Å². The van der Waals surface area contributed by atoms with Crippen molar-refractivity contribution in [2.24, 2.45) is 17.8 Å². The molecule has 2 aromatic rings. The average molecular weight is 449 g/mol. The molecule has 1 aromatic carbocycles. The predicted molar refractivity (Wildman–Crippen MR) is 126 cm³/mol. The van der Waals surface area contributed by atoms with Crippen LogP contribution in [0.25, 0.3) is 0 Å². The molecule has 0 amide bonds. The Bertz CT molecular complexity index is 970. The topological polar surface area (TPSA) is 64.3 Å². The summed E-state index contributed by atoms with van der Waals surface area (Å²) in [5.74, 6) is 2.79. The molecule has 0 radical (unpaired) electrons. The van der Waals surface area contributed by atoms with E-state index in [1.54, 1.807) is 0 Å². The Balaban J connectivity index is 1.34. The van der Waals surface area contributed by atoms with Crippen molar-refractivity contribution in [1.29, 1.82) is 0 Å². The molecule has 1 N–H and O–H groups in total. The normalized spacial score (nSPS) is 31.2. The molecule has 5 nitrogen and oxygen atoms in total. The van der Waals surface area contributed by atoms with Crippen molar-refractivity contribution in [3.05, 3.63) is 53.1 Å². The number of carboxylic acid groups (broad SMARTS) is 1. The zero-order valence-corrected chi connectivity index (χ0v) is 19.5. The van der Waals surface area contributed by atoms with Gasteiger partial charge in [-0.15, -0.1) is 0 Å². The summed E-state index contributed by atoms with van der Waals surface area (Å²) >= 11 is 0. The molecule has 33 heavy (non-hydrogen) atoms. The fraction of sp³-hybridized carbons (Fsp3) is 0.643. The Hall–Kier alpha value is -2.14. The third-order valence-electron chi connectivity index (χ3n) is 8.96. The number of nitrogens with zero attached hydrogens (tertiary/aromatic N) is 2. The SMILES string of the molecule is O=C(O)c1nc(C2CCCCC2)n(Cc2ccccc2)c1COC12CC3CC(CC(C3)C1)C2. The van der Waals surface area contributed by atoms with Gasteiger partial charge in [0, 0.05) is 12.5 Å². The molecule has 4 bridgehead atoms. The van der Waals surface area contributed by atoms with Crippen LogP contribution in [-0.4, -0.2) is 26.2 Å². The van der Waals surface area contributed by atoms with Crippen LogP contribution in [0.4, 0.5) is 0 Å². The maximum atomic E-state index is 12.3. The van der Waals surface area contributed by atoms with Gasteiger partial charge in [-0.05, 0) is 74.7 Å². The third kappa shape index (κ3) is 4.14. The van der Waals surface area contributed by atoms with E-state index in [-0.39, 0.29) is 11.3 Å². The lowest BCUT2D eigenvalue weighted by Crippen LogP contribution is -2.51. The minimum atomic E-state index is -0.928. The molecule has 5 saturated carbocycles. The molecule has 0 aliphatic heterocycles. The molecular formula is C28H36N2O3. The molecular weight excluding hydrogens is 412 g/mol. The minimum Gasteiger partial charge on any atom is -0.476 e. The second-order valence-corrected chi connectivity index (χ2v) is 11.4. The molecule has 5 aliphatic rings. The maximum absolute atomic E-state index is 12.3. The highest BCUT2D eigenvalue weighted by atomic mass is 16.5. The van der Waals surface area contributed by atoms with Gasteiger partial charge in [-0.3, -0.25) is 0 Å². The number of imidazole rings is 1. The fourth-order valence-corrected chi connectivity index (χ4v) is 7.87. The van der Waals surface area contributed by atoms with Gasteiger partial charge in [-0.2, -0.15) is 0 Å². The van der Waals surface area contributed by atoms with E-state index in [1.807, 2.05) is 6.07 Å². The van der Waals surface area contributed by atoms with Crippen molar-refractivity contribution in [2.75, 3.05) is 0 Å². The lowest BCUT2D eigenvalue weighted by Gasteiger charge is -2.56. The van der Waals surface area contributed by atoms with Crippen molar-refractivity contribution in [3.8, 4) is 0 Å². The van der Waals surface area contributed by atoms with Crippen LogP contribution < -0.4 is 0 Å². The summed E-state index contributed by atoms with van der Waals surface area (Å²) < 4.78 is 8.98. The van der Waals surface area contributed by atoms with Gasteiger partial charge in [0.25, 0.3) is 0 Å². The Labute approximate surface area is 196 Å². The number of hydrogen-bond donors (Lipinski definition) is 1. The number of carboxylic acids is 1. The van der Waals surface area contributed by atoms with E-state index >= 15 is 0 Å². The summed E-state index contributed by atoms with van der Waals surface area (Å²) in [5.41, 5.74) is 2.11. The van der Waals surface area contributed by atoms with Gasteiger partial charge in [0.1, 0.15) is 5.82 Å². The maximum Gasteiger partial charge on any atom is 0.356 e. The Morgan fingerprint density at radius 2 is 1.64 bits per heavy atom. The largest absolute Gasteiger partial charge is 0.476 e. The monoisotopic (exact) mass is 448 g/mol. The van der Waals surface area contributed by atoms with Crippen LogP contribution >= 0.6 is 0 Å². The summed E-state index contributed by atoms with van der Waals surface area (Å²) in [6.07, 6.45) is 13.5. The summed E-state index contributed by atoms with van der Waals surface area (Å²) in [7, 11) is 0. The van der Waals surface area contributed by atoms with Crippen molar-refractivity contribution in [1.82, 2.24) is 9.55 Å². The second kappa shape index (κ2) is 8.57. The molecule has 0 unspecified atom stereocenters. The van der Waals surface area contributed by atoms with Crippen LogP contribution in [0.15, 0.2) is 30.3 Å². The molecule has 1 aromatic heterocycles. The smallest absolute Gasteiger partial charge is 0.356 e. The molecule has 1 heterocycles. The van der Waals surface area contributed by atoms with E-state index in [4.69, 9.17) is 9.72 Å². The molecule has 5 heteroatoms. The van der Waals surface area contributed by atoms with Crippen LogP contribution in [0, 0.1) is 17.8 Å². The molecule has 0 spiro atoms. The Kier molecular flexibility index (Phi) is 5.56. The van der Waals surface area contributed by atoms with E-state index in [0.717, 1.165) is 61.4 Å². The first kappa shape index (κ1) is 21.4. The van der Waals surface area contributed by atoms with E-state index in [2.05, 4.69) is 28.8 Å². The second-order valence-electron chi connectivity index (χ2n) is 11.4. The van der Waals surface area contributed by atoms with Gasteiger partial charge in [0.05, 0.1) is 17.9 Å². The molecule has 5 fully saturated rings. The van der Waals surface area contributed by atoms with E-state index < -0.39 is 5.97 Å². The highest BCUT2D eigenvalue weighted by Crippen LogP contribution is 2.57. The molecule has 0 saturated heterocycles. The lowest BCUT2D eigenvalue weighted by molar-refractivity contribution is -0.169. The van der Waals surface area contributed by atoms with Gasteiger partial charge in [-0.1, -0.05) is 49.6 Å². The highest BCUT2D eigenvalue weighted by Gasteiger charge is 2.51. The van der Waals surface area contributed by atoms with Gasteiger partial charge in [0.15, 0.2) is 5.69 Å². The number of aromatic carboxylic acids is 1. The zero-order chi connectivity index (χ0) is 22.4. The van der Waals surface area contributed by atoms with Crippen LogP contribution in [-0.2, 0) is 17.9 Å². The van der Waals surface area contributed by atoms with Gasteiger partial charge in [0.2, 0.25) is 0 Å². The van der Waals surface area contributed by atoms with Crippen LogP contribution in [0.3, 0.4) is 0 Å². The van der Waals surface area contributed by atoms with Gasteiger partial charge >= 0.3 is 5.97 Å². The minimum absolute atomic E-state index is 0.0443. The predicted octanol–water partition coefficient (Wildman–Crippen LogP) is 6.16. The van der Waals surface area contributed by atoms with E-state index in [9.17, 15) is 9.90 Å². The van der Waals surface area contributed by atoms with Crippen LogP contribution in [0.5, 0.6) is 0 Å². The van der Waals surface area contributed by atoms with Gasteiger partial charge < -0.3 is 14.4 Å². The average Bonchev–Trinajstić information content (AvgIpc) is 3.16. The number of hydrogen-bond acceptors (Lipinski definition) is 3. The molecule has 7 rings (SSSR count). The standard InChI is InChI=1S/C28H36N2O3/c31-27(32)25-24(18-33-28-14-20-11-21(15-28)13-22(12-20)16-28)30(17-19-7-3-1-4-8-19)26(29-25)23-9-5-2-6-10-23/h1,3-4,7-8,20-23H,2,5-6,9-18H2,(H,31,32). The molecule has 176 valence electrons. The van der Waals surface area contributed by atoms with Crippen molar-refractivity contribution >= 4 is 5.97 Å². The highest BCUT2D eigenvalue weighted by molar-refractivity contribution is 5.86. The van der Waals surface area contributed by atoms with Crippen molar-refractivity contribution < 1.29 is 14.6 Å². The van der Waals surface area contributed by atoms with Crippen molar-refractivity contribution in [2.45, 2.75) is 95.3 Å². The fourth-order valence-electron chi connectivity index (χ4n) is 7.87. The number of aromatic nitrogens is 2. The number of rotatable bonds is 7. The first-order valence-electron chi connectivity index (χ1n) is 13.1. The number of carbonyl (C=O) groups is 1. The first-order chi connectivity index (χ1) is 16.1. The van der Waals surface area contributed by atoms with Gasteiger partial charge in [-0.25, -0.2) is 9.78 Å². The van der Waals surface area contributed by atoms with Crippen LogP contribution in [0.1, 0.15) is 104 Å². The summed E-state index contributed by atoms with van der Waals surface area (Å²) in [5, 5.41) is 10.1. The quantitative estimate of drug-likeness (QED) is 0.551. The van der Waals surface area contributed by atoms with Crippen LogP contribution in [0.2, 0.25) is 0 Å². The molecule has 0 atom stereocenters. The molecule has 5 aliphatic carbocycles. The lowest BCUT2D eigenvalue weighted by atomic mass is 9.54. The Morgan fingerprint density at radius 1 is 1.00 bits per heavy atom. The summed E-state index contributed by atoms with van der Waals surface area (Å²) in [6.45, 7) is 1.02. The zero-order valence-electron chi connectivity index (χ0n) is 19.5. The Morgan fingerprint density at radius 3 is 2.24 bits per heavy atom. The number of benzene rings is 1. The van der Waals surface area contributed by atoms with E-state index in [1.165, 1.54) is 44.1 Å². The summed E-state index contributed by atoms with van der Waals surface area (Å²) in [6, 6.07) is 10.4. The first-order valence-corrected chi connectivity index (χ1v) is 13.1. The van der Waals surface area contributed by atoms with E-state index in [0.29, 0.717) is 19.1 Å². The summed E-state index contributed by atoms with van der Waals surface area (Å²) in [4.78, 5) is 17.1. The number of ether oxygens (including phenoxy) is 1. The third-order valence-corrected chi connectivity index (χ3v) is 8.96.